The van der Waals surface area contributed by atoms with Gasteiger partial charge in [0.2, 0.25) is 0 Å². The van der Waals surface area contributed by atoms with Gasteiger partial charge in [0.05, 0.1) is 35.8 Å². The maximum Gasteiger partial charge on any atom is 0.307 e. The molecule has 0 unspecified atom stereocenters. The molecule has 1 aliphatic heterocycles. The molecule has 0 bridgehead atoms. The molecule has 6 nitrogen and oxygen atoms in total. The molecule has 0 aliphatic carbocycles. The minimum absolute atomic E-state index is 0.0791. The van der Waals surface area contributed by atoms with Crippen LogP contribution in [0.5, 0.6) is 11.5 Å². The van der Waals surface area contributed by atoms with Crippen LogP contribution in [0.1, 0.15) is 28.4 Å². The fourth-order valence-corrected chi connectivity index (χ4v) is 4.33. The van der Waals surface area contributed by atoms with Crippen LogP contribution in [0.25, 0.3) is 10.8 Å². The van der Waals surface area contributed by atoms with Crippen LogP contribution in [-0.4, -0.2) is 36.6 Å². The van der Waals surface area contributed by atoms with Crippen LogP contribution >= 0.6 is 11.6 Å². The summed E-state index contributed by atoms with van der Waals surface area (Å²) in [7, 11) is 0. The Bertz CT molecular complexity index is 1250. The van der Waals surface area contributed by atoms with E-state index in [1.807, 2.05) is 6.92 Å². The highest BCUT2D eigenvalue weighted by Crippen LogP contribution is 2.47. The lowest BCUT2D eigenvalue weighted by Crippen LogP contribution is -2.24. The normalized spacial score (nSPS) is 13.0. The number of fused-ring (bicyclic) bond motifs is 2. The van der Waals surface area contributed by atoms with E-state index < -0.39 is 24.9 Å². The lowest BCUT2D eigenvalue weighted by molar-refractivity contribution is -0.136. The molecule has 0 fully saturated rings. The summed E-state index contributed by atoms with van der Waals surface area (Å²) in [6.45, 7) is 1.39. The van der Waals surface area contributed by atoms with Crippen LogP contribution in [0.4, 0.5) is 14.5 Å². The quantitative estimate of drug-likeness (QED) is 0.477. The van der Waals surface area contributed by atoms with Crippen LogP contribution in [0.15, 0.2) is 42.5 Å². The van der Waals surface area contributed by atoms with Gasteiger partial charge in [-0.25, -0.2) is 8.78 Å². The number of ether oxygens (including phenoxy) is 2. The van der Waals surface area contributed by atoms with Crippen LogP contribution in [0.3, 0.4) is 0 Å². The average molecular weight is 476 g/mol. The van der Waals surface area contributed by atoms with Crippen molar-refractivity contribution in [2.45, 2.75) is 26.3 Å². The Morgan fingerprint density at radius 1 is 1.15 bits per heavy atom. The van der Waals surface area contributed by atoms with E-state index in [4.69, 9.17) is 26.2 Å². The molecule has 0 saturated carbocycles. The fourth-order valence-electron chi connectivity index (χ4n) is 4.02. The molecule has 0 radical (unpaired) electrons. The van der Waals surface area contributed by atoms with E-state index in [0.717, 1.165) is 0 Å². The number of carboxylic acids is 1. The number of carbonyl (C=O) groups is 2. The molecule has 1 aliphatic rings. The number of nitrogens with zero attached hydrogens (tertiary/aromatic N) is 1. The molecule has 0 atom stereocenters. The zero-order valence-electron chi connectivity index (χ0n) is 17.6. The van der Waals surface area contributed by atoms with Gasteiger partial charge in [-0.15, -0.1) is 0 Å². The van der Waals surface area contributed by atoms with E-state index in [2.05, 4.69) is 0 Å². The second-order valence-electron chi connectivity index (χ2n) is 7.44. The zero-order valence-corrected chi connectivity index (χ0v) is 18.4. The van der Waals surface area contributed by atoms with Gasteiger partial charge in [-0.3, -0.25) is 9.59 Å². The van der Waals surface area contributed by atoms with Gasteiger partial charge in [-0.1, -0.05) is 41.9 Å². The van der Waals surface area contributed by atoms with Crippen molar-refractivity contribution in [2.75, 3.05) is 18.1 Å². The number of amides is 1. The summed E-state index contributed by atoms with van der Waals surface area (Å²) in [5.74, 6) is -0.899. The van der Waals surface area contributed by atoms with E-state index in [9.17, 15) is 18.4 Å². The minimum atomic E-state index is -2.71. The first-order valence-corrected chi connectivity index (χ1v) is 10.6. The fraction of sp³-hybridized carbons (Fsp3) is 0.250. The van der Waals surface area contributed by atoms with Crippen molar-refractivity contribution in [1.82, 2.24) is 0 Å². The minimum Gasteiger partial charge on any atom is -0.493 e. The van der Waals surface area contributed by atoms with E-state index in [0.29, 0.717) is 39.9 Å². The molecular weight excluding hydrogens is 456 g/mol. The first-order valence-electron chi connectivity index (χ1n) is 10.2. The molecule has 0 saturated heterocycles. The van der Waals surface area contributed by atoms with Crippen molar-refractivity contribution in [3.8, 4) is 11.5 Å². The Balaban J connectivity index is 1.85. The maximum absolute atomic E-state index is 13.5. The SMILES string of the molecule is CCOc1c2c(c(OCC(F)F)c3ccccc13)C(=O)N(c1ccc(CC(=O)O)cc1Cl)C2. The number of carboxylic acid groups (broad SMARTS) is 1. The highest BCUT2D eigenvalue weighted by Gasteiger charge is 2.37. The first kappa shape index (κ1) is 22.8. The Hall–Kier alpha value is -3.39. The van der Waals surface area contributed by atoms with Crippen molar-refractivity contribution in [1.29, 1.82) is 0 Å². The Morgan fingerprint density at radius 2 is 1.85 bits per heavy atom. The number of rotatable bonds is 8. The number of aliphatic carboxylic acids is 1. The number of halogens is 3. The van der Waals surface area contributed by atoms with Crippen molar-refractivity contribution >= 4 is 39.9 Å². The van der Waals surface area contributed by atoms with E-state index in [1.165, 1.54) is 11.0 Å². The highest BCUT2D eigenvalue weighted by molar-refractivity contribution is 6.34. The standard InChI is InChI=1S/C24H20ClF2NO5/c1-2-32-22-14-5-3-4-6-15(14)23(33-12-19(26)27)21-16(22)11-28(24(21)31)18-8-7-13(9-17(18)25)10-20(29)30/h3-9,19H,2,10-12H2,1H3,(H,29,30). The molecule has 9 heteroatoms. The third kappa shape index (κ3) is 4.30. The number of carbonyl (C=O) groups excluding carboxylic acids is 1. The summed E-state index contributed by atoms with van der Waals surface area (Å²) < 4.78 is 37.3. The predicted octanol–water partition coefficient (Wildman–Crippen LogP) is 5.32. The van der Waals surface area contributed by atoms with Gasteiger partial charge in [0.15, 0.2) is 0 Å². The van der Waals surface area contributed by atoms with Gasteiger partial charge in [0.25, 0.3) is 12.3 Å². The molecule has 3 aromatic carbocycles. The Kier molecular flexibility index (Phi) is 6.37. The van der Waals surface area contributed by atoms with Gasteiger partial charge in [-0.05, 0) is 24.6 Å². The van der Waals surface area contributed by atoms with Gasteiger partial charge >= 0.3 is 5.97 Å². The topological polar surface area (TPSA) is 76.1 Å². The molecule has 1 heterocycles. The third-order valence-corrected chi connectivity index (χ3v) is 5.60. The zero-order chi connectivity index (χ0) is 23.7. The van der Waals surface area contributed by atoms with Gasteiger partial charge in [0, 0.05) is 16.3 Å². The number of benzene rings is 3. The van der Waals surface area contributed by atoms with E-state index in [-0.39, 0.29) is 29.3 Å². The second kappa shape index (κ2) is 9.23. The van der Waals surface area contributed by atoms with E-state index in [1.54, 1.807) is 36.4 Å². The molecule has 4 rings (SSSR count). The third-order valence-electron chi connectivity index (χ3n) is 5.30. The van der Waals surface area contributed by atoms with Crippen molar-refractivity contribution in [2.24, 2.45) is 0 Å². The number of hydrogen-bond donors (Lipinski definition) is 1. The number of hydrogen-bond acceptors (Lipinski definition) is 4. The lowest BCUT2D eigenvalue weighted by Gasteiger charge is -2.18. The molecule has 0 aromatic heterocycles. The number of anilines is 1. The number of alkyl halides is 2. The first-order chi connectivity index (χ1) is 15.8. The van der Waals surface area contributed by atoms with Crippen LogP contribution < -0.4 is 14.4 Å². The largest absolute Gasteiger partial charge is 0.493 e. The van der Waals surface area contributed by atoms with Crippen molar-refractivity contribution < 1.29 is 33.0 Å². The summed E-state index contributed by atoms with van der Waals surface area (Å²) in [6.07, 6.45) is -2.92. The average Bonchev–Trinajstić information content (AvgIpc) is 3.10. The highest BCUT2D eigenvalue weighted by atomic mass is 35.5. The smallest absolute Gasteiger partial charge is 0.307 e. The van der Waals surface area contributed by atoms with Crippen molar-refractivity contribution in [3.05, 3.63) is 64.2 Å². The van der Waals surface area contributed by atoms with Crippen LogP contribution in [0.2, 0.25) is 5.02 Å². The van der Waals surface area contributed by atoms with E-state index >= 15 is 0 Å². The Morgan fingerprint density at radius 3 is 2.45 bits per heavy atom. The molecule has 3 aromatic rings. The van der Waals surface area contributed by atoms with Gasteiger partial charge in [0.1, 0.15) is 18.1 Å². The molecule has 1 amide bonds. The maximum atomic E-state index is 13.5. The summed E-state index contributed by atoms with van der Waals surface area (Å²) in [5.41, 5.74) is 1.54. The van der Waals surface area contributed by atoms with Gasteiger partial charge in [-0.2, -0.15) is 0 Å². The summed E-state index contributed by atoms with van der Waals surface area (Å²) >= 11 is 6.40. The molecule has 172 valence electrons. The van der Waals surface area contributed by atoms with Crippen molar-refractivity contribution in [3.63, 3.8) is 0 Å². The van der Waals surface area contributed by atoms with Crippen LogP contribution in [0, 0.1) is 0 Å². The summed E-state index contributed by atoms with van der Waals surface area (Å²) in [5, 5.41) is 10.4. The van der Waals surface area contributed by atoms with Gasteiger partial charge < -0.3 is 19.5 Å². The molecule has 1 N–H and O–H groups in total. The summed E-state index contributed by atoms with van der Waals surface area (Å²) in [6, 6.07) is 11.7. The lowest BCUT2D eigenvalue weighted by atomic mass is 9.99. The predicted molar refractivity (Wildman–Crippen MR) is 120 cm³/mol. The monoisotopic (exact) mass is 475 g/mol. The second-order valence-corrected chi connectivity index (χ2v) is 7.85. The molecule has 0 spiro atoms. The van der Waals surface area contributed by atoms with Crippen LogP contribution in [-0.2, 0) is 17.8 Å². The molecular formula is C24H20ClF2NO5. The molecule has 33 heavy (non-hydrogen) atoms. The summed E-state index contributed by atoms with van der Waals surface area (Å²) in [4.78, 5) is 25.9. The Labute approximate surface area is 193 Å².